The molecule has 0 spiro atoms. The zero-order valence-corrected chi connectivity index (χ0v) is 16.8. The minimum Gasteiger partial charge on any atom is -0.467 e. The largest absolute Gasteiger partial charge is 0.467 e. The third-order valence-electron chi connectivity index (χ3n) is 4.08. The van der Waals surface area contributed by atoms with Gasteiger partial charge in [0.2, 0.25) is 0 Å². The molecule has 0 saturated heterocycles. The van der Waals surface area contributed by atoms with E-state index in [0.717, 1.165) is 11.3 Å². The Bertz CT molecular complexity index is 1100. The molecule has 0 amide bonds. The van der Waals surface area contributed by atoms with Crippen molar-refractivity contribution in [3.8, 4) is 11.4 Å². The van der Waals surface area contributed by atoms with E-state index in [9.17, 15) is 4.39 Å². The van der Waals surface area contributed by atoms with Crippen molar-refractivity contribution in [1.29, 1.82) is 0 Å². The minimum atomic E-state index is -0.350. The van der Waals surface area contributed by atoms with Crippen LogP contribution in [-0.4, -0.2) is 14.8 Å². The van der Waals surface area contributed by atoms with Gasteiger partial charge in [-0.3, -0.25) is 4.57 Å². The number of benzene rings is 2. The zero-order valence-electron chi connectivity index (χ0n) is 14.5. The van der Waals surface area contributed by atoms with Crippen LogP contribution in [0.1, 0.15) is 11.3 Å². The Morgan fingerprint density at radius 1 is 1.00 bits per heavy atom. The lowest BCUT2D eigenvalue weighted by atomic mass is 10.2. The number of furan rings is 1. The van der Waals surface area contributed by atoms with Gasteiger partial charge in [-0.25, -0.2) is 4.39 Å². The summed E-state index contributed by atoms with van der Waals surface area (Å²) < 4.78 is 21.6. The van der Waals surface area contributed by atoms with Crippen LogP contribution in [-0.2, 0) is 12.3 Å². The number of hydrogen-bond acceptors (Lipinski definition) is 4. The second-order valence-corrected chi connectivity index (χ2v) is 7.75. The highest BCUT2D eigenvalue weighted by Crippen LogP contribution is 2.30. The monoisotopic (exact) mass is 433 g/mol. The first-order valence-electron chi connectivity index (χ1n) is 8.39. The van der Waals surface area contributed by atoms with Gasteiger partial charge in [-0.2, -0.15) is 0 Å². The van der Waals surface area contributed by atoms with E-state index in [2.05, 4.69) is 10.2 Å². The molecular formula is C20H14Cl2FN3OS. The Labute approximate surface area is 175 Å². The predicted octanol–water partition coefficient (Wildman–Crippen LogP) is 6.32. The van der Waals surface area contributed by atoms with Crippen LogP contribution in [0.5, 0.6) is 0 Å². The lowest BCUT2D eigenvalue weighted by Gasteiger charge is -2.09. The van der Waals surface area contributed by atoms with Crippen molar-refractivity contribution in [2.75, 3.05) is 0 Å². The van der Waals surface area contributed by atoms with Gasteiger partial charge in [-0.15, -0.1) is 10.2 Å². The quantitative estimate of drug-likeness (QED) is 0.333. The highest BCUT2D eigenvalue weighted by molar-refractivity contribution is 7.98. The van der Waals surface area contributed by atoms with Crippen LogP contribution in [0, 0.1) is 5.82 Å². The van der Waals surface area contributed by atoms with Crippen LogP contribution in [0.4, 0.5) is 4.39 Å². The summed E-state index contributed by atoms with van der Waals surface area (Å²) >= 11 is 13.6. The molecular weight excluding hydrogens is 420 g/mol. The normalized spacial score (nSPS) is 11.1. The third kappa shape index (κ3) is 4.09. The van der Waals surface area contributed by atoms with E-state index in [4.69, 9.17) is 27.6 Å². The van der Waals surface area contributed by atoms with Crippen molar-refractivity contribution in [3.63, 3.8) is 0 Å². The molecule has 0 aliphatic heterocycles. The van der Waals surface area contributed by atoms with Gasteiger partial charge in [0.15, 0.2) is 11.0 Å². The Hall–Kier alpha value is -2.28. The summed E-state index contributed by atoms with van der Waals surface area (Å²) in [4.78, 5) is 0. The first-order chi connectivity index (χ1) is 13.6. The van der Waals surface area contributed by atoms with Crippen LogP contribution in [0.15, 0.2) is 70.4 Å². The smallest absolute Gasteiger partial charge is 0.192 e. The van der Waals surface area contributed by atoms with E-state index < -0.39 is 0 Å². The molecule has 2 heterocycles. The van der Waals surface area contributed by atoms with Crippen molar-refractivity contribution in [2.45, 2.75) is 17.5 Å². The first kappa shape index (κ1) is 19.1. The molecule has 28 heavy (non-hydrogen) atoms. The molecule has 0 saturated carbocycles. The molecule has 0 radical (unpaired) electrons. The fourth-order valence-corrected chi connectivity index (χ4v) is 3.92. The molecule has 142 valence electrons. The van der Waals surface area contributed by atoms with E-state index in [1.54, 1.807) is 30.5 Å². The average Bonchev–Trinajstić information content (AvgIpc) is 3.34. The van der Waals surface area contributed by atoms with Gasteiger partial charge in [-0.05, 0) is 42.0 Å². The second kappa shape index (κ2) is 8.39. The van der Waals surface area contributed by atoms with Crippen LogP contribution < -0.4 is 0 Å². The molecule has 4 aromatic rings. The summed E-state index contributed by atoms with van der Waals surface area (Å²) in [7, 11) is 0. The van der Waals surface area contributed by atoms with Gasteiger partial charge < -0.3 is 4.42 Å². The van der Waals surface area contributed by atoms with Crippen LogP contribution in [0.2, 0.25) is 10.0 Å². The van der Waals surface area contributed by atoms with Crippen LogP contribution in [0.25, 0.3) is 11.4 Å². The van der Waals surface area contributed by atoms with E-state index >= 15 is 0 Å². The molecule has 0 N–H and O–H groups in total. The van der Waals surface area contributed by atoms with Crippen LogP contribution >= 0.6 is 35.0 Å². The molecule has 0 atom stereocenters. The van der Waals surface area contributed by atoms with Gasteiger partial charge in [0.05, 0.1) is 28.4 Å². The minimum absolute atomic E-state index is 0.350. The molecule has 0 aliphatic rings. The number of hydrogen-bond donors (Lipinski definition) is 0. The molecule has 4 rings (SSSR count). The molecule has 0 fully saturated rings. The predicted molar refractivity (Wildman–Crippen MR) is 109 cm³/mol. The lowest BCUT2D eigenvalue weighted by Crippen LogP contribution is -2.04. The molecule has 0 bridgehead atoms. The van der Waals surface area contributed by atoms with E-state index in [0.29, 0.717) is 38.9 Å². The fourth-order valence-electron chi connectivity index (χ4n) is 2.72. The number of rotatable bonds is 6. The van der Waals surface area contributed by atoms with Gasteiger partial charge in [0.1, 0.15) is 11.6 Å². The first-order valence-corrected chi connectivity index (χ1v) is 10.1. The Morgan fingerprint density at radius 2 is 1.86 bits per heavy atom. The standard InChI is InChI=1S/C20H14Cl2FN3OS/c21-16-8-7-13(10-17(16)22)12-28-20-25-24-19(15-5-1-2-6-18(15)23)26(20)11-14-4-3-9-27-14/h1-10H,11-12H2. The van der Waals surface area contributed by atoms with Crippen molar-refractivity contribution in [2.24, 2.45) is 0 Å². The average molecular weight is 434 g/mol. The zero-order chi connectivity index (χ0) is 19.5. The van der Waals surface area contributed by atoms with Crippen molar-refractivity contribution in [1.82, 2.24) is 14.8 Å². The Kier molecular flexibility index (Phi) is 5.71. The van der Waals surface area contributed by atoms with E-state index in [1.165, 1.54) is 17.8 Å². The maximum atomic E-state index is 14.3. The molecule has 2 aromatic carbocycles. The summed E-state index contributed by atoms with van der Waals surface area (Å²) in [6.45, 7) is 0.396. The Balaban J connectivity index is 1.66. The maximum absolute atomic E-state index is 14.3. The number of thioether (sulfide) groups is 1. The summed E-state index contributed by atoms with van der Waals surface area (Å²) in [6.07, 6.45) is 1.60. The lowest BCUT2D eigenvalue weighted by molar-refractivity contribution is 0.485. The summed E-state index contributed by atoms with van der Waals surface area (Å²) in [6, 6.07) is 15.7. The highest BCUT2D eigenvalue weighted by Gasteiger charge is 2.18. The fraction of sp³-hybridized carbons (Fsp3) is 0.100. The number of nitrogens with zero attached hydrogens (tertiary/aromatic N) is 3. The number of aromatic nitrogens is 3. The SMILES string of the molecule is Fc1ccccc1-c1nnc(SCc2ccc(Cl)c(Cl)c2)n1Cc1ccco1. The van der Waals surface area contributed by atoms with Gasteiger partial charge in [0, 0.05) is 5.75 Å². The maximum Gasteiger partial charge on any atom is 0.192 e. The van der Waals surface area contributed by atoms with Crippen molar-refractivity contribution in [3.05, 3.63) is 88.0 Å². The number of halogens is 3. The summed E-state index contributed by atoms with van der Waals surface area (Å²) in [5.74, 6) is 1.45. The Morgan fingerprint density at radius 3 is 2.61 bits per heavy atom. The second-order valence-electron chi connectivity index (χ2n) is 5.99. The van der Waals surface area contributed by atoms with Gasteiger partial charge >= 0.3 is 0 Å². The molecule has 4 nitrogen and oxygen atoms in total. The van der Waals surface area contributed by atoms with Crippen molar-refractivity contribution >= 4 is 35.0 Å². The molecule has 8 heteroatoms. The molecule has 2 aromatic heterocycles. The summed E-state index contributed by atoms with van der Waals surface area (Å²) in [5, 5.41) is 10.2. The highest BCUT2D eigenvalue weighted by atomic mass is 35.5. The van der Waals surface area contributed by atoms with Crippen molar-refractivity contribution < 1.29 is 8.81 Å². The van der Waals surface area contributed by atoms with E-state index in [1.807, 2.05) is 28.8 Å². The van der Waals surface area contributed by atoms with Gasteiger partial charge in [0.25, 0.3) is 0 Å². The summed E-state index contributed by atoms with van der Waals surface area (Å²) in [5.41, 5.74) is 1.39. The van der Waals surface area contributed by atoms with Crippen LogP contribution in [0.3, 0.4) is 0 Å². The molecule has 0 unspecified atom stereocenters. The van der Waals surface area contributed by atoms with E-state index in [-0.39, 0.29) is 5.82 Å². The third-order valence-corrected chi connectivity index (χ3v) is 5.85. The molecule has 0 aliphatic carbocycles. The van der Waals surface area contributed by atoms with Gasteiger partial charge in [-0.1, -0.05) is 53.2 Å². The topological polar surface area (TPSA) is 43.9 Å².